The number of halogens is 2. The summed E-state index contributed by atoms with van der Waals surface area (Å²) in [4.78, 5) is 24.6. The molecule has 1 fully saturated rings. The fourth-order valence-corrected chi connectivity index (χ4v) is 3.53. The molecule has 2 aromatic carbocycles. The van der Waals surface area contributed by atoms with Gasteiger partial charge in [-0.3, -0.25) is 9.69 Å². The molecule has 1 atom stereocenters. The van der Waals surface area contributed by atoms with E-state index in [0.717, 1.165) is 15.7 Å². The van der Waals surface area contributed by atoms with Crippen LogP contribution < -0.4 is 10.2 Å². The molecule has 1 saturated heterocycles. The number of carbonyl (C=O) groups is 2. The third-order valence-electron chi connectivity index (χ3n) is 4.71. The van der Waals surface area contributed by atoms with Crippen molar-refractivity contribution in [1.29, 1.82) is 0 Å². The first kappa shape index (κ1) is 20.1. The van der Waals surface area contributed by atoms with Gasteiger partial charge in [-0.05, 0) is 36.4 Å². The molecule has 0 saturated carbocycles. The van der Waals surface area contributed by atoms with E-state index in [4.69, 9.17) is 4.74 Å². The number of ether oxygens (including phenoxy) is 1. The summed E-state index contributed by atoms with van der Waals surface area (Å²) >= 11 is 3.40. The lowest BCUT2D eigenvalue weighted by Gasteiger charge is -2.15. The molecule has 0 bridgehead atoms. The molecule has 4 rings (SSSR count). The second-order valence-corrected chi connectivity index (χ2v) is 7.74. The minimum absolute atomic E-state index is 0.208. The first-order valence-corrected chi connectivity index (χ1v) is 10.0. The third-order valence-corrected chi connectivity index (χ3v) is 5.24. The van der Waals surface area contributed by atoms with Crippen LogP contribution in [0.15, 0.2) is 59.2 Å². The van der Waals surface area contributed by atoms with Gasteiger partial charge in [0.1, 0.15) is 11.8 Å². The van der Waals surface area contributed by atoms with Crippen molar-refractivity contribution < 1.29 is 18.7 Å². The number of aromatic nitrogens is 2. The molecule has 2 amide bonds. The number of nitrogens with zero attached hydrogens (tertiary/aromatic N) is 3. The van der Waals surface area contributed by atoms with Crippen molar-refractivity contribution in [2.24, 2.45) is 0 Å². The van der Waals surface area contributed by atoms with Gasteiger partial charge >= 0.3 is 6.09 Å². The number of cyclic esters (lactones) is 1. The first-order chi connectivity index (χ1) is 14.4. The van der Waals surface area contributed by atoms with Gasteiger partial charge in [-0.25, -0.2) is 13.9 Å². The topological polar surface area (TPSA) is 76.5 Å². The normalized spacial score (nSPS) is 15.9. The summed E-state index contributed by atoms with van der Waals surface area (Å²) in [6.45, 7) is 1.83. The van der Waals surface area contributed by atoms with Crippen molar-refractivity contribution >= 4 is 33.6 Å². The molecular formula is C21H18BrFN4O3. The SMILES string of the molecule is CC(=O)NCC1CN(c2ccc(-n3nccc3-c3ccc(Br)cc3)c(F)c2)C(=O)O1. The molecule has 1 unspecified atom stereocenters. The molecule has 0 spiro atoms. The average Bonchev–Trinajstić information content (AvgIpc) is 3.33. The standard InChI is InChI=1S/C21H18BrFN4O3/c1-13(28)24-11-17-12-26(21(29)30-17)16-6-7-20(18(23)10-16)27-19(8-9-25-27)14-2-4-15(22)5-3-14/h2-10,17H,11-12H2,1H3,(H,24,28). The highest BCUT2D eigenvalue weighted by Crippen LogP contribution is 2.29. The quantitative estimate of drug-likeness (QED) is 0.610. The summed E-state index contributed by atoms with van der Waals surface area (Å²) < 4.78 is 22.7. The summed E-state index contributed by atoms with van der Waals surface area (Å²) in [7, 11) is 0. The number of hydrogen-bond donors (Lipinski definition) is 1. The molecule has 9 heteroatoms. The predicted octanol–water partition coefficient (Wildman–Crippen LogP) is 3.90. The Hall–Kier alpha value is -3.20. The Bertz CT molecular complexity index is 1100. The Morgan fingerprint density at radius 1 is 1.27 bits per heavy atom. The Kier molecular flexibility index (Phi) is 5.54. The van der Waals surface area contributed by atoms with Crippen molar-refractivity contribution in [2.75, 3.05) is 18.0 Å². The molecule has 3 aromatic rings. The van der Waals surface area contributed by atoms with E-state index < -0.39 is 18.0 Å². The summed E-state index contributed by atoms with van der Waals surface area (Å²) in [5, 5.41) is 6.87. The number of carbonyl (C=O) groups excluding carboxylic acids is 2. The van der Waals surface area contributed by atoms with Gasteiger partial charge < -0.3 is 10.1 Å². The van der Waals surface area contributed by atoms with Crippen molar-refractivity contribution in [3.63, 3.8) is 0 Å². The number of amides is 2. The fourth-order valence-electron chi connectivity index (χ4n) is 3.27. The lowest BCUT2D eigenvalue weighted by atomic mass is 10.1. The van der Waals surface area contributed by atoms with Crippen LogP contribution >= 0.6 is 15.9 Å². The van der Waals surface area contributed by atoms with Crippen molar-refractivity contribution in [3.8, 4) is 16.9 Å². The average molecular weight is 473 g/mol. The maximum Gasteiger partial charge on any atom is 0.414 e. The molecule has 1 N–H and O–H groups in total. The molecule has 2 heterocycles. The van der Waals surface area contributed by atoms with Gasteiger partial charge in [0.2, 0.25) is 5.91 Å². The zero-order valence-electron chi connectivity index (χ0n) is 16.0. The van der Waals surface area contributed by atoms with E-state index in [1.807, 2.05) is 24.3 Å². The minimum Gasteiger partial charge on any atom is -0.442 e. The molecule has 1 aliphatic rings. The van der Waals surface area contributed by atoms with Crippen molar-refractivity contribution in [2.45, 2.75) is 13.0 Å². The highest BCUT2D eigenvalue weighted by atomic mass is 79.9. The Labute approximate surface area is 180 Å². The smallest absolute Gasteiger partial charge is 0.414 e. The van der Waals surface area contributed by atoms with Crippen LogP contribution in [0.1, 0.15) is 6.92 Å². The van der Waals surface area contributed by atoms with Gasteiger partial charge in [-0.2, -0.15) is 5.10 Å². The zero-order chi connectivity index (χ0) is 21.3. The van der Waals surface area contributed by atoms with Crippen LogP contribution in [0.4, 0.5) is 14.9 Å². The lowest BCUT2D eigenvalue weighted by molar-refractivity contribution is -0.119. The van der Waals surface area contributed by atoms with Gasteiger partial charge in [-0.15, -0.1) is 0 Å². The van der Waals surface area contributed by atoms with Crippen LogP contribution in [0.2, 0.25) is 0 Å². The van der Waals surface area contributed by atoms with Crippen LogP contribution in [-0.2, 0) is 9.53 Å². The van der Waals surface area contributed by atoms with E-state index in [2.05, 4.69) is 26.3 Å². The molecule has 0 aliphatic carbocycles. The Balaban J connectivity index is 1.58. The second-order valence-electron chi connectivity index (χ2n) is 6.82. The highest BCUT2D eigenvalue weighted by Gasteiger charge is 2.32. The summed E-state index contributed by atoms with van der Waals surface area (Å²) in [5.41, 5.74) is 2.28. The highest BCUT2D eigenvalue weighted by molar-refractivity contribution is 9.10. The molecule has 1 aromatic heterocycles. The Morgan fingerprint density at radius 2 is 2.03 bits per heavy atom. The summed E-state index contributed by atoms with van der Waals surface area (Å²) in [6.07, 6.45) is 0.543. The third kappa shape index (κ3) is 4.06. The second kappa shape index (κ2) is 8.27. The number of hydrogen-bond acceptors (Lipinski definition) is 4. The van der Waals surface area contributed by atoms with Crippen LogP contribution in [0, 0.1) is 5.82 Å². The summed E-state index contributed by atoms with van der Waals surface area (Å²) in [6, 6.07) is 14.0. The monoisotopic (exact) mass is 472 g/mol. The van der Waals surface area contributed by atoms with Gasteiger partial charge in [0.15, 0.2) is 5.82 Å². The van der Waals surface area contributed by atoms with Gasteiger partial charge in [-0.1, -0.05) is 28.1 Å². The first-order valence-electron chi connectivity index (χ1n) is 9.25. The molecule has 1 aliphatic heterocycles. The van der Waals surface area contributed by atoms with Gasteiger partial charge in [0.25, 0.3) is 0 Å². The Morgan fingerprint density at radius 3 is 2.73 bits per heavy atom. The van der Waals surface area contributed by atoms with Gasteiger partial charge in [0, 0.05) is 17.0 Å². The molecule has 154 valence electrons. The maximum absolute atomic E-state index is 15.0. The number of rotatable bonds is 5. The molecule has 0 radical (unpaired) electrons. The lowest BCUT2D eigenvalue weighted by Crippen LogP contribution is -2.33. The van der Waals surface area contributed by atoms with Crippen LogP contribution in [0.3, 0.4) is 0 Å². The number of anilines is 1. The number of benzene rings is 2. The largest absolute Gasteiger partial charge is 0.442 e. The van der Waals surface area contributed by atoms with E-state index in [1.54, 1.807) is 24.4 Å². The number of nitrogens with one attached hydrogen (secondary N) is 1. The summed E-state index contributed by atoms with van der Waals surface area (Å²) in [5.74, 6) is -0.728. The van der Waals surface area contributed by atoms with Crippen LogP contribution in [-0.4, -0.2) is 41.0 Å². The predicted molar refractivity (Wildman–Crippen MR) is 113 cm³/mol. The van der Waals surface area contributed by atoms with E-state index in [0.29, 0.717) is 5.69 Å². The van der Waals surface area contributed by atoms with Crippen molar-refractivity contribution in [1.82, 2.24) is 15.1 Å². The van der Waals surface area contributed by atoms with Crippen molar-refractivity contribution in [3.05, 3.63) is 65.0 Å². The van der Waals surface area contributed by atoms with E-state index in [-0.39, 0.29) is 24.7 Å². The van der Waals surface area contributed by atoms with E-state index in [1.165, 1.54) is 22.6 Å². The molecular weight excluding hydrogens is 455 g/mol. The van der Waals surface area contributed by atoms with Crippen LogP contribution in [0.25, 0.3) is 16.9 Å². The zero-order valence-corrected chi connectivity index (χ0v) is 17.6. The van der Waals surface area contributed by atoms with Crippen LogP contribution in [0.5, 0.6) is 0 Å². The molecule has 7 nitrogen and oxygen atoms in total. The van der Waals surface area contributed by atoms with E-state index >= 15 is 4.39 Å². The minimum atomic E-state index is -0.577. The fraction of sp³-hybridized carbons (Fsp3) is 0.190. The van der Waals surface area contributed by atoms with Gasteiger partial charge in [0.05, 0.1) is 30.7 Å². The molecule has 30 heavy (non-hydrogen) atoms. The van der Waals surface area contributed by atoms with E-state index in [9.17, 15) is 9.59 Å². The maximum atomic E-state index is 15.0.